The van der Waals surface area contributed by atoms with E-state index in [0.717, 1.165) is 16.7 Å². The topological polar surface area (TPSA) is 25.0 Å². The molecular formula is C14H10ClNO. The number of hydrogen-bond donors (Lipinski definition) is 1. The number of para-hydroxylation sites is 1. The minimum absolute atomic E-state index is 0.611. The molecular weight excluding hydrogens is 234 g/mol. The first-order chi connectivity index (χ1) is 8.34. The molecule has 0 unspecified atom stereocenters. The van der Waals surface area contributed by atoms with E-state index in [0.29, 0.717) is 10.8 Å². The van der Waals surface area contributed by atoms with E-state index in [4.69, 9.17) is 16.3 Å². The number of aromatic amines is 1. The van der Waals surface area contributed by atoms with Gasteiger partial charge in [0.05, 0.1) is 5.02 Å². The first kappa shape index (κ1) is 10.2. The zero-order valence-corrected chi connectivity index (χ0v) is 9.74. The van der Waals surface area contributed by atoms with Gasteiger partial charge in [0.25, 0.3) is 0 Å². The second-order valence-corrected chi connectivity index (χ2v) is 4.13. The van der Waals surface area contributed by atoms with Gasteiger partial charge in [0.1, 0.15) is 11.5 Å². The Balaban J connectivity index is 2.06. The van der Waals surface area contributed by atoms with Crippen molar-refractivity contribution in [3.05, 3.63) is 59.8 Å². The lowest BCUT2D eigenvalue weighted by atomic mass is 10.2. The average molecular weight is 244 g/mol. The minimum Gasteiger partial charge on any atom is -0.455 e. The third-order valence-corrected chi connectivity index (χ3v) is 2.92. The van der Waals surface area contributed by atoms with Gasteiger partial charge in [0.2, 0.25) is 0 Å². The number of benzene rings is 2. The molecule has 2 aromatic carbocycles. The van der Waals surface area contributed by atoms with E-state index in [1.165, 1.54) is 0 Å². The summed E-state index contributed by atoms with van der Waals surface area (Å²) in [5.41, 5.74) is 1.05. The fourth-order valence-electron chi connectivity index (χ4n) is 1.79. The van der Waals surface area contributed by atoms with Gasteiger partial charge in [-0.3, -0.25) is 0 Å². The molecule has 1 aromatic heterocycles. The van der Waals surface area contributed by atoms with Crippen molar-refractivity contribution in [2.24, 2.45) is 0 Å². The van der Waals surface area contributed by atoms with Crippen molar-refractivity contribution in [1.29, 1.82) is 0 Å². The summed E-state index contributed by atoms with van der Waals surface area (Å²) >= 11 is 6.07. The largest absolute Gasteiger partial charge is 0.455 e. The van der Waals surface area contributed by atoms with E-state index < -0.39 is 0 Å². The molecule has 0 bridgehead atoms. The van der Waals surface area contributed by atoms with Crippen molar-refractivity contribution in [3.8, 4) is 11.5 Å². The standard InChI is InChI=1S/C14H10ClNO/c15-11-4-1-2-6-14(11)17-13-7-3-5-12-10(13)8-9-16-12/h1-9,16H. The molecule has 0 saturated carbocycles. The summed E-state index contributed by atoms with van der Waals surface area (Å²) in [6, 6.07) is 15.3. The number of nitrogens with one attached hydrogen (secondary N) is 1. The Morgan fingerprint density at radius 3 is 2.59 bits per heavy atom. The van der Waals surface area contributed by atoms with Crippen molar-refractivity contribution in [2.75, 3.05) is 0 Å². The molecule has 0 fully saturated rings. The molecule has 1 heterocycles. The minimum atomic E-state index is 0.611. The highest BCUT2D eigenvalue weighted by Gasteiger charge is 2.05. The van der Waals surface area contributed by atoms with Gasteiger partial charge < -0.3 is 9.72 Å². The molecule has 0 atom stereocenters. The van der Waals surface area contributed by atoms with Crippen molar-refractivity contribution < 1.29 is 4.74 Å². The summed E-state index contributed by atoms with van der Waals surface area (Å²) in [6.07, 6.45) is 1.89. The van der Waals surface area contributed by atoms with Crippen LogP contribution in [0.25, 0.3) is 10.9 Å². The first-order valence-electron chi connectivity index (χ1n) is 5.33. The number of ether oxygens (including phenoxy) is 1. The van der Waals surface area contributed by atoms with Crippen LogP contribution in [0, 0.1) is 0 Å². The zero-order valence-electron chi connectivity index (χ0n) is 8.98. The Morgan fingerprint density at radius 2 is 1.71 bits per heavy atom. The fourth-order valence-corrected chi connectivity index (χ4v) is 1.97. The highest BCUT2D eigenvalue weighted by atomic mass is 35.5. The van der Waals surface area contributed by atoms with Crippen LogP contribution in [-0.2, 0) is 0 Å². The van der Waals surface area contributed by atoms with E-state index in [1.54, 1.807) is 0 Å². The third kappa shape index (κ3) is 1.87. The summed E-state index contributed by atoms with van der Waals surface area (Å²) < 4.78 is 5.83. The highest BCUT2D eigenvalue weighted by Crippen LogP contribution is 2.32. The van der Waals surface area contributed by atoms with Gasteiger partial charge in [0, 0.05) is 17.1 Å². The van der Waals surface area contributed by atoms with Gasteiger partial charge in [-0.25, -0.2) is 0 Å². The van der Waals surface area contributed by atoms with Crippen LogP contribution in [0.1, 0.15) is 0 Å². The average Bonchev–Trinajstić information content (AvgIpc) is 2.81. The molecule has 0 aliphatic rings. The van der Waals surface area contributed by atoms with Crippen LogP contribution >= 0.6 is 11.6 Å². The molecule has 0 radical (unpaired) electrons. The lowest BCUT2D eigenvalue weighted by molar-refractivity contribution is 0.488. The number of rotatable bonds is 2. The summed E-state index contributed by atoms with van der Waals surface area (Å²) in [4.78, 5) is 3.15. The van der Waals surface area contributed by atoms with Crippen LogP contribution in [0.5, 0.6) is 11.5 Å². The Hall–Kier alpha value is -1.93. The molecule has 3 rings (SSSR count). The molecule has 84 valence electrons. The van der Waals surface area contributed by atoms with Crippen LogP contribution in [0.4, 0.5) is 0 Å². The monoisotopic (exact) mass is 243 g/mol. The zero-order chi connectivity index (χ0) is 11.7. The third-order valence-electron chi connectivity index (χ3n) is 2.61. The fraction of sp³-hybridized carbons (Fsp3) is 0. The van der Waals surface area contributed by atoms with Gasteiger partial charge in [-0.2, -0.15) is 0 Å². The number of H-pyrrole nitrogens is 1. The molecule has 3 aromatic rings. The van der Waals surface area contributed by atoms with Crippen molar-refractivity contribution in [1.82, 2.24) is 4.98 Å². The number of fused-ring (bicyclic) bond motifs is 1. The molecule has 1 N–H and O–H groups in total. The van der Waals surface area contributed by atoms with E-state index in [1.807, 2.05) is 54.7 Å². The van der Waals surface area contributed by atoms with Crippen LogP contribution in [0.3, 0.4) is 0 Å². The Labute approximate surface area is 104 Å². The molecule has 0 aliphatic carbocycles. The number of halogens is 1. The number of hydrogen-bond acceptors (Lipinski definition) is 1. The van der Waals surface area contributed by atoms with Gasteiger partial charge in [0.15, 0.2) is 0 Å². The Bertz CT molecular complexity index is 660. The summed E-state index contributed by atoms with van der Waals surface area (Å²) in [5.74, 6) is 1.47. The normalized spacial score (nSPS) is 10.6. The SMILES string of the molecule is Clc1ccccc1Oc1cccc2[nH]ccc12. The van der Waals surface area contributed by atoms with Crippen LogP contribution in [0.15, 0.2) is 54.7 Å². The van der Waals surface area contributed by atoms with Gasteiger partial charge >= 0.3 is 0 Å². The first-order valence-corrected chi connectivity index (χ1v) is 5.71. The maximum absolute atomic E-state index is 6.07. The predicted octanol–water partition coefficient (Wildman–Crippen LogP) is 4.61. The van der Waals surface area contributed by atoms with Crippen LogP contribution < -0.4 is 4.74 Å². The predicted molar refractivity (Wildman–Crippen MR) is 69.8 cm³/mol. The molecule has 17 heavy (non-hydrogen) atoms. The maximum atomic E-state index is 6.07. The molecule has 0 amide bonds. The number of aromatic nitrogens is 1. The lowest BCUT2D eigenvalue weighted by Crippen LogP contribution is -1.85. The molecule has 2 nitrogen and oxygen atoms in total. The maximum Gasteiger partial charge on any atom is 0.146 e. The van der Waals surface area contributed by atoms with Crippen molar-refractivity contribution in [2.45, 2.75) is 0 Å². The van der Waals surface area contributed by atoms with Crippen LogP contribution in [-0.4, -0.2) is 4.98 Å². The highest BCUT2D eigenvalue weighted by molar-refractivity contribution is 6.32. The molecule has 3 heteroatoms. The molecule has 0 spiro atoms. The second kappa shape index (κ2) is 4.15. The van der Waals surface area contributed by atoms with E-state index in [2.05, 4.69) is 4.98 Å². The van der Waals surface area contributed by atoms with E-state index in [9.17, 15) is 0 Å². The van der Waals surface area contributed by atoms with Crippen LogP contribution in [0.2, 0.25) is 5.02 Å². The van der Waals surface area contributed by atoms with Crippen molar-refractivity contribution in [3.63, 3.8) is 0 Å². The summed E-state index contributed by atoms with van der Waals surface area (Å²) in [6.45, 7) is 0. The van der Waals surface area contributed by atoms with E-state index in [-0.39, 0.29) is 0 Å². The Morgan fingerprint density at radius 1 is 0.882 bits per heavy atom. The lowest BCUT2D eigenvalue weighted by Gasteiger charge is -2.08. The van der Waals surface area contributed by atoms with Gasteiger partial charge in [-0.05, 0) is 30.3 Å². The summed E-state index contributed by atoms with van der Waals surface area (Å²) in [5, 5.41) is 1.66. The van der Waals surface area contributed by atoms with Gasteiger partial charge in [-0.1, -0.05) is 29.8 Å². The smallest absolute Gasteiger partial charge is 0.146 e. The Kier molecular flexibility index (Phi) is 2.50. The molecule has 0 aliphatic heterocycles. The van der Waals surface area contributed by atoms with Crippen molar-refractivity contribution >= 4 is 22.5 Å². The molecule has 0 saturated heterocycles. The van der Waals surface area contributed by atoms with Gasteiger partial charge in [-0.15, -0.1) is 0 Å². The van der Waals surface area contributed by atoms with E-state index >= 15 is 0 Å². The quantitative estimate of drug-likeness (QED) is 0.698. The summed E-state index contributed by atoms with van der Waals surface area (Å²) in [7, 11) is 0. The second-order valence-electron chi connectivity index (χ2n) is 3.73.